The Morgan fingerprint density at radius 3 is 2.24 bits per heavy atom. The maximum absolute atomic E-state index is 14.1. The van der Waals surface area contributed by atoms with Crippen molar-refractivity contribution in [3.63, 3.8) is 0 Å². The predicted octanol–water partition coefficient (Wildman–Crippen LogP) is 6.97. The van der Waals surface area contributed by atoms with Gasteiger partial charge in [-0.2, -0.15) is 13.2 Å². The molecule has 1 fully saturated rings. The van der Waals surface area contributed by atoms with Gasteiger partial charge < -0.3 is 5.32 Å². The Balaban J connectivity index is 1.43. The number of hydrogen-bond donors (Lipinski definition) is 1. The first-order valence-electron chi connectivity index (χ1n) is 14.6. The van der Waals surface area contributed by atoms with Crippen LogP contribution in [-0.4, -0.2) is 27.5 Å². The van der Waals surface area contributed by atoms with Crippen molar-refractivity contribution in [2.75, 3.05) is 10.2 Å². The summed E-state index contributed by atoms with van der Waals surface area (Å²) in [5.41, 5.74) is 1.94. The molecule has 46 heavy (non-hydrogen) atoms. The molecule has 3 amide bonds. The summed E-state index contributed by atoms with van der Waals surface area (Å²) in [5.74, 6) is -3.46. The van der Waals surface area contributed by atoms with Crippen LogP contribution in [0.3, 0.4) is 0 Å². The number of anilines is 2. The standard InChI is InChI=1S/C34H30F3N3O4S2/c1-18-7-5-9-22(15-18)38-24(41)17-39-31-28(46-32(39)44)25(19-11-13-20(14-12-19)33(2,3)4)26-27(45-31)30(43)40(29(26)42)23-10-6-8-21(16-23)34(35,36)37/h5-16,25-27H,17H2,1-4H3,(H,38,41)/t25-,26?,27?/m1/s1. The monoisotopic (exact) mass is 665 g/mol. The molecular weight excluding hydrogens is 636 g/mol. The summed E-state index contributed by atoms with van der Waals surface area (Å²) < 4.78 is 42.0. The van der Waals surface area contributed by atoms with Crippen LogP contribution >= 0.6 is 23.1 Å². The number of nitrogens with one attached hydrogen (secondary N) is 1. The molecule has 6 rings (SSSR count). The zero-order valence-corrected chi connectivity index (χ0v) is 27.0. The van der Waals surface area contributed by atoms with E-state index in [1.165, 1.54) is 10.6 Å². The van der Waals surface area contributed by atoms with Crippen LogP contribution in [0.5, 0.6) is 0 Å². The van der Waals surface area contributed by atoms with Gasteiger partial charge in [-0.15, -0.1) is 0 Å². The summed E-state index contributed by atoms with van der Waals surface area (Å²) in [5, 5.41) is 2.17. The van der Waals surface area contributed by atoms with Crippen molar-refractivity contribution in [2.45, 2.75) is 62.0 Å². The number of halogens is 3. The van der Waals surface area contributed by atoms with Gasteiger partial charge in [0.2, 0.25) is 17.7 Å². The number of amides is 3. The Morgan fingerprint density at radius 1 is 0.891 bits per heavy atom. The van der Waals surface area contributed by atoms with Gasteiger partial charge in [-0.05, 0) is 59.4 Å². The van der Waals surface area contributed by atoms with Crippen molar-refractivity contribution >= 4 is 52.2 Å². The van der Waals surface area contributed by atoms with E-state index in [1.807, 2.05) is 37.3 Å². The van der Waals surface area contributed by atoms with E-state index in [0.717, 1.165) is 57.3 Å². The molecule has 2 unspecified atom stereocenters. The molecule has 0 aliphatic carbocycles. The lowest BCUT2D eigenvalue weighted by Gasteiger charge is -2.31. The minimum absolute atomic E-state index is 0.160. The molecule has 238 valence electrons. The second-order valence-electron chi connectivity index (χ2n) is 12.5. The van der Waals surface area contributed by atoms with E-state index < -0.39 is 51.4 Å². The van der Waals surface area contributed by atoms with Crippen LogP contribution in [0.15, 0.2) is 82.6 Å². The zero-order valence-electron chi connectivity index (χ0n) is 25.3. The smallest absolute Gasteiger partial charge is 0.325 e. The maximum atomic E-state index is 14.1. The third kappa shape index (κ3) is 5.79. The Labute approximate surface area is 271 Å². The molecule has 1 saturated heterocycles. The first-order chi connectivity index (χ1) is 21.6. The van der Waals surface area contributed by atoms with Crippen molar-refractivity contribution in [1.82, 2.24) is 4.57 Å². The highest BCUT2D eigenvalue weighted by molar-refractivity contribution is 8.00. The Bertz CT molecular complexity index is 1930. The molecule has 0 radical (unpaired) electrons. The molecule has 2 aliphatic rings. The van der Waals surface area contributed by atoms with Crippen LogP contribution in [0.4, 0.5) is 24.5 Å². The lowest BCUT2D eigenvalue weighted by atomic mass is 9.81. The summed E-state index contributed by atoms with van der Waals surface area (Å²) in [4.78, 5) is 55.5. The number of alkyl halides is 3. The van der Waals surface area contributed by atoms with Gasteiger partial charge in [0, 0.05) is 16.5 Å². The summed E-state index contributed by atoms with van der Waals surface area (Å²) in [7, 11) is 0. The van der Waals surface area contributed by atoms with Gasteiger partial charge in [-0.1, -0.05) is 86.3 Å². The average Bonchev–Trinajstić information content (AvgIpc) is 3.42. The van der Waals surface area contributed by atoms with E-state index in [0.29, 0.717) is 21.2 Å². The number of carbonyl (C=O) groups is 3. The number of hydrogen-bond acceptors (Lipinski definition) is 6. The molecule has 3 heterocycles. The molecule has 1 N–H and O–H groups in total. The number of fused-ring (bicyclic) bond motifs is 2. The number of rotatable bonds is 5. The highest BCUT2D eigenvalue weighted by atomic mass is 32.2. The summed E-state index contributed by atoms with van der Waals surface area (Å²) in [6.45, 7) is 7.75. The van der Waals surface area contributed by atoms with Crippen molar-refractivity contribution in [2.24, 2.45) is 5.92 Å². The molecule has 2 aliphatic heterocycles. The lowest BCUT2D eigenvalue weighted by molar-refractivity contribution is -0.137. The number of nitrogens with zero attached hydrogens (tertiary/aromatic N) is 2. The van der Waals surface area contributed by atoms with Crippen molar-refractivity contribution in [1.29, 1.82) is 0 Å². The van der Waals surface area contributed by atoms with E-state index in [4.69, 9.17) is 0 Å². The van der Waals surface area contributed by atoms with Crippen molar-refractivity contribution in [3.05, 3.63) is 110 Å². The van der Waals surface area contributed by atoms with E-state index in [1.54, 1.807) is 18.2 Å². The first kappa shape index (κ1) is 31.8. The molecule has 12 heteroatoms. The molecule has 3 atom stereocenters. The van der Waals surface area contributed by atoms with Gasteiger partial charge in [-0.25, -0.2) is 4.90 Å². The molecule has 0 saturated carbocycles. The summed E-state index contributed by atoms with van der Waals surface area (Å²) in [6.07, 6.45) is -4.67. The number of aromatic nitrogens is 1. The van der Waals surface area contributed by atoms with Gasteiger partial charge in [0.1, 0.15) is 11.8 Å². The first-order valence-corrected chi connectivity index (χ1v) is 16.3. The SMILES string of the molecule is Cc1cccc(NC(=O)Cn2c3c(sc2=O)[C@H](c2ccc(C(C)(C)C)cc2)C2C(=O)N(c4cccc(C(F)(F)F)c4)C(=O)C2S3)c1. The van der Waals surface area contributed by atoms with E-state index >= 15 is 0 Å². The number of aryl methyl sites for hydroxylation is 1. The van der Waals surface area contributed by atoms with E-state index in [2.05, 4.69) is 26.1 Å². The fraction of sp³-hybridized carbons (Fsp3) is 0.294. The quantitative estimate of drug-likeness (QED) is 0.233. The fourth-order valence-electron chi connectivity index (χ4n) is 5.95. The molecular formula is C34H30F3N3O4S2. The number of thioether (sulfide) groups is 1. The Hall–Kier alpha value is -4.16. The van der Waals surface area contributed by atoms with Crippen molar-refractivity contribution < 1.29 is 27.6 Å². The number of carbonyl (C=O) groups excluding carboxylic acids is 3. The number of thiazole rings is 1. The highest BCUT2D eigenvalue weighted by Crippen LogP contribution is 2.54. The minimum Gasteiger partial charge on any atom is -0.325 e. The van der Waals surface area contributed by atoms with Crippen LogP contribution in [0.1, 0.15) is 53.8 Å². The second kappa shape index (κ2) is 11.6. The van der Waals surface area contributed by atoms with Crippen LogP contribution in [0, 0.1) is 12.8 Å². The van der Waals surface area contributed by atoms with Gasteiger partial charge in [-0.3, -0.25) is 23.7 Å². The predicted molar refractivity (Wildman–Crippen MR) is 172 cm³/mol. The third-order valence-electron chi connectivity index (χ3n) is 8.22. The van der Waals surface area contributed by atoms with E-state index in [-0.39, 0.29) is 17.6 Å². The van der Waals surface area contributed by atoms with Gasteiger partial charge in [0.05, 0.1) is 22.2 Å². The van der Waals surface area contributed by atoms with Crippen molar-refractivity contribution in [3.8, 4) is 0 Å². The number of benzene rings is 3. The molecule has 0 spiro atoms. The van der Waals surface area contributed by atoms with Gasteiger partial charge in [0.25, 0.3) is 0 Å². The minimum atomic E-state index is -4.67. The number of imide groups is 1. The lowest BCUT2D eigenvalue weighted by Crippen LogP contribution is -2.33. The summed E-state index contributed by atoms with van der Waals surface area (Å²) >= 11 is 1.92. The molecule has 4 aromatic rings. The second-order valence-corrected chi connectivity index (χ2v) is 14.6. The zero-order chi connectivity index (χ0) is 33.1. The molecule has 3 aromatic carbocycles. The Morgan fingerprint density at radius 2 is 1.59 bits per heavy atom. The molecule has 7 nitrogen and oxygen atoms in total. The van der Waals surface area contributed by atoms with Crippen LogP contribution in [0.25, 0.3) is 0 Å². The molecule has 1 aromatic heterocycles. The largest absolute Gasteiger partial charge is 0.416 e. The fourth-order valence-corrected chi connectivity index (χ4v) is 8.72. The summed E-state index contributed by atoms with van der Waals surface area (Å²) in [6, 6.07) is 19.0. The van der Waals surface area contributed by atoms with Crippen LogP contribution in [-0.2, 0) is 32.5 Å². The van der Waals surface area contributed by atoms with E-state index in [9.17, 15) is 32.3 Å². The van der Waals surface area contributed by atoms with Gasteiger partial charge >= 0.3 is 11.0 Å². The topological polar surface area (TPSA) is 88.5 Å². The van der Waals surface area contributed by atoms with Crippen LogP contribution < -0.4 is 15.1 Å². The normalized spacial score (nSPS) is 19.6. The van der Waals surface area contributed by atoms with Crippen LogP contribution in [0.2, 0.25) is 0 Å². The maximum Gasteiger partial charge on any atom is 0.416 e. The average molecular weight is 666 g/mol. The van der Waals surface area contributed by atoms with Gasteiger partial charge in [0.15, 0.2) is 0 Å². The third-order valence-corrected chi connectivity index (χ3v) is 10.8. The highest BCUT2D eigenvalue weighted by Gasteiger charge is 2.57. The Kier molecular flexibility index (Phi) is 8.00. The molecule has 0 bridgehead atoms.